The Hall–Kier alpha value is -2.66. The molecule has 0 radical (unpaired) electrons. The van der Waals surface area contributed by atoms with Crippen molar-refractivity contribution >= 4 is 11.8 Å². The Kier molecular flexibility index (Phi) is 8.01. The van der Waals surface area contributed by atoms with Crippen LogP contribution in [-0.2, 0) is 11.3 Å². The highest BCUT2D eigenvalue weighted by atomic mass is 16.2. The number of rotatable bonds is 9. The van der Waals surface area contributed by atoms with Crippen molar-refractivity contribution in [1.82, 2.24) is 15.5 Å². The number of carbonyl (C=O) groups excluding carboxylic acids is 2. The molecule has 0 aliphatic rings. The van der Waals surface area contributed by atoms with Gasteiger partial charge in [0.15, 0.2) is 0 Å². The molecule has 27 heavy (non-hydrogen) atoms. The van der Waals surface area contributed by atoms with E-state index in [0.29, 0.717) is 12.1 Å². The largest absolute Gasteiger partial charge is 0.355 e. The molecule has 2 aromatic rings. The van der Waals surface area contributed by atoms with Crippen molar-refractivity contribution in [2.24, 2.45) is 0 Å². The Morgan fingerprint density at radius 2 is 1.63 bits per heavy atom. The van der Waals surface area contributed by atoms with Gasteiger partial charge in [0.05, 0.1) is 6.54 Å². The quantitative estimate of drug-likeness (QED) is 0.670. The highest BCUT2D eigenvalue weighted by Gasteiger charge is 2.09. The number of nitrogens with one attached hydrogen (secondary N) is 2. The molecule has 2 amide bonds. The first-order chi connectivity index (χ1) is 12.9. The van der Waals surface area contributed by atoms with Crippen LogP contribution >= 0.6 is 0 Å². The van der Waals surface area contributed by atoms with Crippen LogP contribution in [0.5, 0.6) is 0 Å². The summed E-state index contributed by atoms with van der Waals surface area (Å²) in [5.41, 5.74) is 3.93. The number of nitrogens with zero attached hydrogens (tertiary/aromatic N) is 1. The van der Waals surface area contributed by atoms with Crippen molar-refractivity contribution in [3.63, 3.8) is 0 Å². The van der Waals surface area contributed by atoms with Crippen LogP contribution < -0.4 is 10.6 Å². The first-order valence-electron chi connectivity index (χ1n) is 9.29. The van der Waals surface area contributed by atoms with Gasteiger partial charge in [-0.1, -0.05) is 47.5 Å². The zero-order valence-electron chi connectivity index (χ0n) is 16.4. The molecule has 2 rings (SSSR count). The lowest BCUT2D eigenvalue weighted by Gasteiger charge is -2.16. The fourth-order valence-corrected chi connectivity index (χ4v) is 2.98. The number of aryl methyl sites for hydroxylation is 2. The summed E-state index contributed by atoms with van der Waals surface area (Å²) >= 11 is 0. The molecule has 0 bridgehead atoms. The van der Waals surface area contributed by atoms with Crippen molar-refractivity contribution in [3.05, 3.63) is 70.8 Å². The normalized spacial score (nSPS) is 10.7. The minimum Gasteiger partial charge on any atom is -0.355 e. The van der Waals surface area contributed by atoms with Gasteiger partial charge in [-0.15, -0.1) is 0 Å². The molecule has 0 aliphatic heterocycles. The van der Waals surface area contributed by atoms with Crippen LogP contribution in [0.1, 0.15) is 33.5 Å². The van der Waals surface area contributed by atoms with Gasteiger partial charge in [0.1, 0.15) is 0 Å². The Balaban J connectivity index is 1.62. The summed E-state index contributed by atoms with van der Waals surface area (Å²) in [4.78, 5) is 26.3. The SMILES string of the molecule is Cc1cc(C)cc(C(=O)NCC(=O)NCCCN(C)Cc2ccccc2)c1. The second kappa shape index (κ2) is 10.5. The molecular formula is C22H29N3O2. The molecule has 0 fully saturated rings. The summed E-state index contributed by atoms with van der Waals surface area (Å²) < 4.78 is 0. The van der Waals surface area contributed by atoms with E-state index >= 15 is 0 Å². The van der Waals surface area contributed by atoms with Crippen molar-refractivity contribution in [2.45, 2.75) is 26.8 Å². The van der Waals surface area contributed by atoms with Crippen LogP contribution in [0, 0.1) is 13.8 Å². The average Bonchev–Trinajstić information content (AvgIpc) is 2.63. The molecular weight excluding hydrogens is 338 g/mol. The number of hydrogen-bond donors (Lipinski definition) is 2. The van der Waals surface area contributed by atoms with E-state index in [2.05, 4.69) is 34.7 Å². The fraction of sp³-hybridized carbons (Fsp3) is 0.364. The predicted molar refractivity (Wildman–Crippen MR) is 109 cm³/mol. The molecule has 0 saturated heterocycles. The van der Waals surface area contributed by atoms with Crippen LogP contribution in [0.3, 0.4) is 0 Å². The zero-order valence-corrected chi connectivity index (χ0v) is 16.4. The van der Waals surface area contributed by atoms with Gasteiger partial charge in [0.25, 0.3) is 5.91 Å². The van der Waals surface area contributed by atoms with Gasteiger partial charge in [-0.25, -0.2) is 0 Å². The van der Waals surface area contributed by atoms with E-state index in [4.69, 9.17) is 0 Å². The number of amides is 2. The molecule has 2 N–H and O–H groups in total. The maximum Gasteiger partial charge on any atom is 0.251 e. The van der Waals surface area contributed by atoms with E-state index in [1.54, 1.807) is 0 Å². The fourth-order valence-electron chi connectivity index (χ4n) is 2.98. The second-order valence-corrected chi connectivity index (χ2v) is 6.99. The van der Waals surface area contributed by atoms with E-state index in [1.165, 1.54) is 5.56 Å². The minimum absolute atomic E-state index is 0.00826. The first kappa shape index (κ1) is 20.6. The standard InChI is InChI=1S/C22H29N3O2/c1-17-12-18(2)14-20(13-17)22(27)24-15-21(26)23-10-7-11-25(3)16-19-8-5-4-6-9-19/h4-6,8-9,12-14H,7,10-11,15-16H2,1-3H3,(H,23,26)(H,24,27). The third-order valence-corrected chi connectivity index (χ3v) is 4.23. The lowest BCUT2D eigenvalue weighted by atomic mass is 10.1. The zero-order chi connectivity index (χ0) is 19.6. The van der Waals surface area contributed by atoms with E-state index in [9.17, 15) is 9.59 Å². The highest BCUT2D eigenvalue weighted by molar-refractivity contribution is 5.96. The van der Waals surface area contributed by atoms with Crippen molar-refractivity contribution < 1.29 is 9.59 Å². The van der Waals surface area contributed by atoms with Gasteiger partial charge in [-0.2, -0.15) is 0 Å². The first-order valence-corrected chi connectivity index (χ1v) is 9.29. The van der Waals surface area contributed by atoms with E-state index in [0.717, 1.165) is 30.6 Å². The molecule has 5 heteroatoms. The van der Waals surface area contributed by atoms with E-state index < -0.39 is 0 Å². The summed E-state index contributed by atoms with van der Waals surface area (Å²) in [5, 5.41) is 5.53. The smallest absolute Gasteiger partial charge is 0.251 e. The summed E-state index contributed by atoms with van der Waals surface area (Å²) in [6, 6.07) is 16.0. The molecule has 0 aromatic heterocycles. The van der Waals surface area contributed by atoms with Crippen LogP contribution in [0.4, 0.5) is 0 Å². The Morgan fingerprint density at radius 3 is 2.30 bits per heavy atom. The molecule has 0 atom stereocenters. The third kappa shape index (κ3) is 7.62. The predicted octanol–water partition coefficient (Wildman–Crippen LogP) is 2.67. The van der Waals surface area contributed by atoms with Gasteiger partial charge in [0, 0.05) is 18.7 Å². The van der Waals surface area contributed by atoms with Crippen LogP contribution in [0.2, 0.25) is 0 Å². The van der Waals surface area contributed by atoms with Crippen molar-refractivity contribution in [1.29, 1.82) is 0 Å². The van der Waals surface area contributed by atoms with Gasteiger partial charge in [0.2, 0.25) is 5.91 Å². The Labute approximate surface area is 161 Å². The molecule has 0 heterocycles. The van der Waals surface area contributed by atoms with Gasteiger partial charge < -0.3 is 15.5 Å². The second-order valence-electron chi connectivity index (χ2n) is 6.99. The molecule has 144 valence electrons. The molecule has 0 unspecified atom stereocenters. The van der Waals surface area contributed by atoms with E-state index in [-0.39, 0.29) is 18.4 Å². The summed E-state index contributed by atoms with van der Waals surface area (Å²) in [5.74, 6) is -0.391. The summed E-state index contributed by atoms with van der Waals surface area (Å²) in [7, 11) is 2.07. The molecule has 0 aliphatic carbocycles. The van der Waals surface area contributed by atoms with Gasteiger partial charge >= 0.3 is 0 Å². The van der Waals surface area contributed by atoms with Crippen molar-refractivity contribution in [3.8, 4) is 0 Å². The highest BCUT2D eigenvalue weighted by Crippen LogP contribution is 2.08. The topological polar surface area (TPSA) is 61.4 Å². The Bertz CT molecular complexity index is 739. The number of benzene rings is 2. The number of hydrogen-bond acceptors (Lipinski definition) is 3. The third-order valence-electron chi connectivity index (χ3n) is 4.23. The molecule has 0 saturated carbocycles. The van der Waals surface area contributed by atoms with Crippen LogP contribution in [-0.4, -0.2) is 43.4 Å². The lowest BCUT2D eigenvalue weighted by molar-refractivity contribution is -0.120. The maximum absolute atomic E-state index is 12.1. The average molecular weight is 367 g/mol. The van der Waals surface area contributed by atoms with Gasteiger partial charge in [-0.05, 0) is 51.6 Å². The number of carbonyl (C=O) groups is 2. The lowest BCUT2D eigenvalue weighted by Crippen LogP contribution is -2.38. The molecule has 2 aromatic carbocycles. The summed E-state index contributed by atoms with van der Waals surface area (Å²) in [6.45, 7) is 6.27. The maximum atomic E-state index is 12.1. The molecule has 5 nitrogen and oxygen atoms in total. The van der Waals surface area contributed by atoms with Crippen molar-refractivity contribution in [2.75, 3.05) is 26.7 Å². The summed E-state index contributed by atoms with van der Waals surface area (Å²) in [6.07, 6.45) is 0.861. The molecule has 0 spiro atoms. The van der Waals surface area contributed by atoms with Crippen LogP contribution in [0.25, 0.3) is 0 Å². The van der Waals surface area contributed by atoms with E-state index in [1.807, 2.05) is 50.2 Å². The Morgan fingerprint density at radius 1 is 0.963 bits per heavy atom. The van der Waals surface area contributed by atoms with Crippen LogP contribution in [0.15, 0.2) is 48.5 Å². The monoisotopic (exact) mass is 367 g/mol. The van der Waals surface area contributed by atoms with Gasteiger partial charge in [-0.3, -0.25) is 9.59 Å². The minimum atomic E-state index is -0.223.